The third-order valence-electron chi connectivity index (χ3n) is 3.29. The Morgan fingerprint density at radius 3 is 2.94 bits per heavy atom. The van der Waals surface area contributed by atoms with Gasteiger partial charge < -0.3 is 15.2 Å². The third kappa shape index (κ3) is 2.48. The van der Waals surface area contributed by atoms with E-state index in [4.69, 9.17) is 4.74 Å². The van der Waals surface area contributed by atoms with Crippen molar-refractivity contribution in [2.24, 2.45) is 5.92 Å². The second-order valence-corrected chi connectivity index (χ2v) is 4.34. The normalized spacial score (nSPS) is 23.8. The van der Waals surface area contributed by atoms with Gasteiger partial charge in [-0.2, -0.15) is 0 Å². The molecule has 17 heavy (non-hydrogen) atoms. The van der Waals surface area contributed by atoms with Gasteiger partial charge in [-0.1, -0.05) is 24.3 Å². The summed E-state index contributed by atoms with van der Waals surface area (Å²) >= 11 is 0. The fourth-order valence-corrected chi connectivity index (χ4v) is 2.45. The van der Waals surface area contributed by atoms with Gasteiger partial charge in [0.15, 0.2) is 0 Å². The standard InChI is InChI=1S/C13H17NO3/c1-17-8-9-4-2-3-5-10(9)11-6-14-7-12(11)13(15)16/h2-5,11-12,14H,6-8H2,1H3,(H,15,16). The summed E-state index contributed by atoms with van der Waals surface area (Å²) in [5.74, 6) is -1.03. The molecule has 0 aliphatic carbocycles. The summed E-state index contributed by atoms with van der Waals surface area (Å²) in [4.78, 5) is 11.2. The molecule has 0 radical (unpaired) electrons. The molecule has 0 amide bonds. The van der Waals surface area contributed by atoms with Crippen molar-refractivity contribution >= 4 is 5.97 Å². The zero-order valence-electron chi connectivity index (χ0n) is 9.85. The summed E-state index contributed by atoms with van der Waals surface area (Å²) in [6.07, 6.45) is 0. The van der Waals surface area contributed by atoms with E-state index in [2.05, 4.69) is 5.32 Å². The van der Waals surface area contributed by atoms with Gasteiger partial charge in [-0.05, 0) is 11.1 Å². The lowest BCUT2D eigenvalue weighted by Crippen LogP contribution is -2.21. The van der Waals surface area contributed by atoms with Crippen molar-refractivity contribution in [3.8, 4) is 0 Å². The fourth-order valence-electron chi connectivity index (χ4n) is 2.45. The number of carbonyl (C=O) groups is 1. The monoisotopic (exact) mass is 235 g/mol. The van der Waals surface area contributed by atoms with E-state index in [0.717, 1.165) is 17.7 Å². The molecule has 2 unspecified atom stereocenters. The van der Waals surface area contributed by atoms with Gasteiger partial charge in [0, 0.05) is 26.1 Å². The highest BCUT2D eigenvalue weighted by Crippen LogP contribution is 2.30. The maximum Gasteiger partial charge on any atom is 0.308 e. The highest BCUT2D eigenvalue weighted by Gasteiger charge is 2.34. The molecular formula is C13H17NO3. The molecule has 4 nitrogen and oxygen atoms in total. The number of hydrogen-bond acceptors (Lipinski definition) is 3. The second kappa shape index (κ2) is 5.29. The summed E-state index contributed by atoms with van der Waals surface area (Å²) in [6, 6.07) is 7.90. The quantitative estimate of drug-likeness (QED) is 0.824. The third-order valence-corrected chi connectivity index (χ3v) is 3.29. The first-order chi connectivity index (χ1) is 8.24. The van der Waals surface area contributed by atoms with Crippen molar-refractivity contribution in [1.82, 2.24) is 5.32 Å². The van der Waals surface area contributed by atoms with Crippen molar-refractivity contribution < 1.29 is 14.6 Å². The number of carboxylic acid groups (broad SMARTS) is 1. The maximum absolute atomic E-state index is 11.2. The molecule has 0 spiro atoms. The van der Waals surface area contributed by atoms with Crippen LogP contribution in [-0.2, 0) is 16.1 Å². The van der Waals surface area contributed by atoms with Crippen LogP contribution in [0.1, 0.15) is 17.0 Å². The van der Waals surface area contributed by atoms with Gasteiger partial charge in [-0.25, -0.2) is 0 Å². The van der Waals surface area contributed by atoms with E-state index in [9.17, 15) is 9.90 Å². The predicted octanol–water partition coefficient (Wildman–Crippen LogP) is 1.22. The summed E-state index contributed by atoms with van der Waals surface area (Å²) in [5.41, 5.74) is 2.17. The molecule has 1 saturated heterocycles. The van der Waals surface area contributed by atoms with Crippen LogP contribution in [0.3, 0.4) is 0 Å². The average molecular weight is 235 g/mol. The molecule has 1 aromatic rings. The molecule has 92 valence electrons. The number of rotatable bonds is 4. The molecule has 1 aromatic carbocycles. The summed E-state index contributed by atoms with van der Waals surface area (Å²) in [5, 5.41) is 12.3. The lowest BCUT2D eigenvalue weighted by molar-refractivity contribution is -0.141. The predicted molar refractivity (Wildman–Crippen MR) is 63.9 cm³/mol. The van der Waals surface area contributed by atoms with Crippen molar-refractivity contribution in [3.63, 3.8) is 0 Å². The Labute approximate surface area is 101 Å². The lowest BCUT2D eigenvalue weighted by atomic mass is 9.86. The van der Waals surface area contributed by atoms with Gasteiger partial charge in [0.05, 0.1) is 12.5 Å². The number of benzene rings is 1. The number of methoxy groups -OCH3 is 1. The first kappa shape index (κ1) is 12.1. The van der Waals surface area contributed by atoms with Crippen molar-refractivity contribution in [2.45, 2.75) is 12.5 Å². The van der Waals surface area contributed by atoms with Gasteiger partial charge in [-0.15, -0.1) is 0 Å². The van der Waals surface area contributed by atoms with E-state index in [1.54, 1.807) is 7.11 Å². The van der Waals surface area contributed by atoms with E-state index < -0.39 is 5.97 Å². The Bertz CT molecular complexity index is 405. The van der Waals surface area contributed by atoms with Crippen molar-refractivity contribution in [3.05, 3.63) is 35.4 Å². The van der Waals surface area contributed by atoms with Gasteiger partial charge in [-0.3, -0.25) is 4.79 Å². The Morgan fingerprint density at radius 1 is 1.47 bits per heavy atom. The molecule has 0 aromatic heterocycles. The van der Waals surface area contributed by atoms with Crippen LogP contribution < -0.4 is 5.32 Å². The van der Waals surface area contributed by atoms with Gasteiger partial charge in [0.25, 0.3) is 0 Å². The van der Waals surface area contributed by atoms with Crippen LogP contribution in [0.5, 0.6) is 0 Å². The zero-order valence-corrected chi connectivity index (χ0v) is 9.85. The Kier molecular flexibility index (Phi) is 3.76. The molecule has 0 bridgehead atoms. The molecule has 2 N–H and O–H groups in total. The smallest absolute Gasteiger partial charge is 0.308 e. The number of ether oxygens (including phenoxy) is 1. The molecule has 2 atom stereocenters. The first-order valence-electron chi connectivity index (χ1n) is 5.74. The Hall–Kier alpha value is -1.39. The largest absolute Gasteiger partial charge is 0.481 e. The highest BCUT2D eigenvalue weighted by molar-refractivity contribution is 5.72. The number of aliphatic carboxylic acids is 1. The molecule has 1 fully saturated rings. The average Bonchev–Trinajstić information content (AvgIpc) is 2.79. The minimum absolute atomic E-state index is 0.0406. The minimum atomic E-state index is -0.729. The van der Waals surface area contributed by atoms with E-state index in [0.29, 0.717) is 13.2 Å². The number of nitrogens with one attached hydrogen (secondary N) is 1. The van der Waals surface area contributed by atoms with Gasteiger partial charge >= 0.3 is 5.97 Å². The number of carboxylic acids is 1. The van der Waals surface area contributed by atoms with E-state index in [1.807, 2.05) is 24.3 Å². The molecular weight excluding hydrogens is 218 g/mol. The van der Waals surface area contributed by atoms with Crippen LogP contribution in [0.25, 0.3) is 0 Å². The van der Waals surface area contributed by atoms with E-state index >= 15 is 0 Å². The fraction of sp³-hybridized carbons (Fsp3) is 0.462. The SMILES string of the molecule is COCc1ccccc1C1CNCC1C(=O)O. The first-order valence-corrected chi connectivity index (χ1v) is 5.74. The van der Waals surface area contributed by atoms with Crippen LogP contribution in [0.4, 0.5) is 0 Å². The van der Waals surface area contributed by atoms with Crippen LogP contribution in [0, 0.1) is 5.92 Å². The topological polar surface area (TPSA) is 58.6 Å². The molecule has 0 saturated carbocycles. The highest BCUT2D eigenvalue weighted by atomic mass is 16.5. The Morgan fingerprint density at radius 2 is 2.24 bits per heavy atom. The van der Waals surface area contributed by atoms with E-state index in [1.165, 1.54) is 0 Å². The molecule has 1 heterocycles. The van der Waals surface area contributed by atoms with Crippen LogP contribution in [-0.4, -0.2) is 31.3 Å². The lowest BCUT2D eigenvalue weighted by Gasteiger charge is -2.18. The molecule has 1 aliphatic heterocycles. The molecule has 1 aliphatic rings. The molecule has 2 rings (SSSR count). The number of hydrogen-bond donors (Lipinski definition) is 2. The molecule has 4 heteroatoms. The maximum atomic E-state index is 11.2. The summed E-state index contributed by atoms with van der Waals surface area (Å²) in [7, 11) is 1.65. The van der Waals surface area contributed by atoms with Crippen molar-refractivity contribution in [2.75, 3.05) is 20.2 Å². The zero-order chi connectivity index (χ0) is 12.3. The van der Waals surface area contributed by atoms with Crippen molar-refractivity contribution in [1.29, 1.82) is 0 Å². The second-order valence-electron chi connectivity index (χ2n) is 4.34. The summed E-state index contributed by atoms with van der Waals surface area (Å²) in [6.45, 7) is 1.79. The van der Waals surface area contributed by atoms with Crippen LogP contribution in [0.2, 0.25) is 0 Å². The van der Waals surface area contributed by atoms with Crippen LogP contribution in [0.15, 0.2) is 24.3 Å². The summed E-state index contributed by atoms with van der Waals surface area (Å²) < 4.78 is 5.16. The minimum Gasteiger partial charge on any atom is -0.481 e. The Balaban J connectivity index is 2.29. The van der Waals surface area contributed by atoms with Gasteiger partial charge in [0.1, 0.15) is 0 Å². The van der Waals surface area contributed by atoms with Gasteiger partial charge in [0.2, 0.25) is 0 Å². The van der Waals surface area contributed by atoms with Crippen LogP contribution >= 0.6 is 0 Å². The van der Waals surface area contributed by atoms with E-state index in [-0.39, 0.29) is 11.8 Å².